The molecule has 0 amide bonds. The van der Waals surface area contributed by atoms with Gasteiger partial charge in [-0.2, -0.15) is 0 Å². The van der Waals surface area contributed by atoms with Gasteiger partial charge in [-0.3, -0.25) is 0 Å². The number of benzene rings is 6. The van der Waals surface area contributed by atoms with E-state index >= 15 is 0 Å². The van der Waals surface area contributed by atoms with E-state index in [1.165, 1.54) is 54.9 Å². The van der Waals surface area contributed by atoms with Crippen LogP contribution in [0, 0.1) is 0 Å². The van der Waals surface area contributed by atoms with Crippen LogP contribution in [0.5, 0.6) is 11.5 Å². The maximum absolute atomic E-state index is 6.48. The molecule has 0 bridgehead atoms. The van der Waals surface area contributed by atoms with Crippen molar-refractivity contribution in [2.45, 2.75) is 13.1 Å². The summed E-state index contributed by atoms with van der Waals surface area (Å²) in [6.07, 6.45) is 0. The molecule has 0 unspecified atom stereocenters. The van der Waals surface area contributed by atoms with Gasteiger partial charge in [-0.15, -0.1) is 0 Å². The Morgan fingerprint density at radius 3 is 1.38 bits per heavy atom. The molecule has 6 aromatic rings. The van der Waals surface area contributed by atoms with Crippen molar-refractivity contribution in [1.29, 1.82) is 0 Å². The lowest BCUT2D eigenvalue weighted by molar-refractivity contribution is 0.487. The number of fused-ring (bicyclic) bond motifs is 4. The smallest absolute Gasteiger partial charge is 0.335 e. The predicted octanol–water partition coefficient (Wildman–Crippen LogP) is 7.21. The van der Waals surface area contributed by atoms with Crippen LogP contribution in [-0.4, -0.2) is 14.9 Å². The minimum Gasteiger partial charge on any atom is -0.458 e. The number of ether oxygens (including phenoxy) is 1. The Balaban J connectivity index is 1.44. The van der Waals surface area contributed by atoms with Gasteiger partial charge in [0.1, 0.15) is 19.6 Å². The summed E-state index contributed by atoms with van der Waals surface area (Å²) in [6, 6.07) is 52.9. The third-order valence-electron chi connectivity index (χ3n) is 8.98. The van der Waals surface area contributed by atoms with Crippen LogP contribution in [0.2, 0.25) is 13.1 Å². The molecule has 0 aliphatic carbocycles. The van der Waals surface area contributed by atoms with Gasteiger partial charge in [0.2, 0.25) is 0 Å². The maximum Gasteiger partial charge on any atom is 0.335 e. The fourth-order valence-corrected chi connectivity index (χ4v) is 9.81. The minimum atomic E-state index is -2.04. The third kappa shape index (κ3) is 3.87. The van der Waals surface area contributed by atoms with Gasteiger partial charge in [0, 0.05) is 11.4 Å². The van der Waals surface area contributed by atoms with E-state index in [-0.39, 0.29) is 6.85 Å². The number of nitrogens with zero attached hydrogens (tertiary/aromatic N) is 1. The summed E-state index contributed by atoms with van der Waals surface area (Å²) in [5.41, 5.74) is 9.90. The van der Waals surface area contributed by atoms with Crippen LogP contribution >= 0.6 is 0 Å². The Morgan fingerprint density at radius 1 is 0.476 bits per heavy atom. The standard InChI is InChI=1S/C38H30BNOSi/c1-42(2)37-23-21-29(27-13-5-3-6-14-27)25-33(37)40(34-26-30(22-24-38(34)42)28-15-7-4-8-16-28)39-31-17-9-11-19-35(31)41-36-20-12-10-18-32(36)39/h3-26H,1-2H3. The van der Waals surface area contributed by atoms with Crippen molar-refractivity contribution < 1.29 is 4.74 Å². The molecule has 6 aromatic carbocycles. The number of hydrogen-bond acceptors (Lipinski definition) is 2. The van der Waals surface area contributed by atoms with Gasteiger partial charge in [0.15, 0.2) is 0 Å². The number of rotatable bonds is 3. The highest BCUT2D eigenvalue weighted by Crippen LogP contribution is 2.39. The van der Waals surface area contributed by atoms with Crippen molar-refractivity contribution in [3.63, 3.8) is 0 Å². The highest BCUT2D eigenvalue weighted by molar-refractivity contribution is 7.04. The van der Waals surface area contributed by atoms with E-state index in [0.717, 1.165) is 11.5 Å². The van der Waals surface area contributed by atoms with Crippen molar-refractivity contribution in [2.75, 3.05) is 4.81 Å². The summed E-state index contributed by atoms with van der Waals surface area (Å²) in [6.45, 7) is 4.96. The SMILES string of the molecule is C[Si]1(C)c2ccc(-c3ccccc3)cc2N(B2c3ccccc3Oc3ccccc32)c2cc(-c3ccccc3)ccc21. The van der Waals surface area contributed by atoms with Crippen molar-refractivity contribution in [2.24, 2.45) is 0 Å². The number of para-hydroxylation sites is 2. The summed E-state index contributed by atoms with van der Waals surface area (Å²) in [5, 5.41) is 2.92. The van der Waals surface area contributed by atoms with Crippen LogP contribution in [0.1, 0.15) is 0 Å². The molecule has 0 N–H and O–H groups in total. The zero-order valence-corrected chi connectivity index (χ0v) is 24.8. The lowest BCUT2D eigenvalue weighted by Gasteiger charge is -2.45. The Bertz CT molecular complexity index is 1820. The zero-order valence-electron chi connectivity index (χ0n) is 23.8. The average Bonchev–Trinajstić information content (AvgIpc) is 3.05. The molecule has 2 aliphatic heterocycles. The van der Waals surface area contributed by atoms with Gasteiger partial charge in [-0.1, -0.05) is 134 Å². The van der Waals surface area contributed by atoms with E-state index in [9.17, 15) is 0 Å². The summed E-state index contributed by atoms with van der Waals surface area (Å²) in [4.78, 5) is 2.61. The van der Waals surface area contributed by atoms with Crippen molar-refractivity contribution in [1.82, 2.24) is 0 Å². The molecule has 0 spiro atoms. The highest BCUT2D eigenvalue weighted by Gasteiger charge is 2.45. The Labute approximate surface area is 249 Å². The van der Waals surface area contributed by atoms with Crippen LogP contribution in [0.3, 0.4) is 0 Å². The molecule has 0 saturated carbocycles. The summed E-state index contributed by atoms with van der Waals surface area (Å²) < 4.78 is 6.48. The lowest BCUT2D eigenvalue weighted by Crippen LogP contribution is -2.66. The van der Waals surface area contributed by atoms with Crippen LogP contribution in [0.15, 0.2) is 146 Å². The first-order valence-corrected chi connectivity index (χ1v) is 17.6. The molecule has 0 fully saturated rings. The predicted molar refractivity (Wildman–Crippen MR) is 181 cm³/mol. The van der Waals surface area contributed by atoms with Crippen LogP contribution in [-0.2, 0) is 0 Å². The molecule has 0 radical (unpaired) electrons. The molecular formula is C38H30BNOSi. The zero-order chi connectivity index (χ0) is 28.3. The van der Waals surface area contributed by atoms with Gasteiger partial charge in [-0.05, 0) is 67.8 Å². The van der Waals surface area contributed by atoms with Crippen LogP contribution in [0.4, 0.5) is 11.4 Å². The normalized spacial score (nSPS) is 14.2. The number of hydrogen-bond donors (Lipinski definition) is 0. The molecule has 2 aliphatic rings. The van der Waals surface area contributed by atoms with Gasteiger partial charge < -0.3 is 9.55 Å². The third-order valence-corrected chi connectivity index (χ3v) is 12.5. The highest BCUT2D eigenvalue weighted by atomic mass is 28.3. The molecule has 8 rings (SSSR count). The van der Waals surface area contributed by atoms with Crippen molar-refractivity contribution >= 4 is 47.6 Å². The van der Waals surface area contributed by atoms with E-state index in [2.05, 4.69) is 163 Å². The van der Waals surface area contributed by atoms with Gasteiger partial charge >= 0.3 is 6.85 Å². The largest absolute Gasteiger partial charge is 0.458 e. The second-order valence-corrected chi connectivity index (χ2v) is 16.1. The first-order chi connectivity index (χ1) is 20.6. The molecule has 200 valence electrons. The first kappa shape index (κ1) is 25.0. The fourth-order valence-electron chi connectivity index (χ4n) is 6.86. The van der Waals surface area contributed by atoms with E-state index in [1.807, 2.05) is 0 Å². The molecule has 4 heteroatoms. The Morgan fingerprint density at radius 2 is 0.905 bits per heavy atom. The van der Waals surface area contributed by atoms with E-state index < -0.39 is 8.07 Å². The molecule has 2 heterocycles. The molecule has 2 nitrogen and oxygen atoms in total. The Hall–Kier alpha value is -4.80. The second-order valence-electron chi connectivity index (χ2n) is 11.8. The van der Waals surface area contributed by atoms with Crippen LogP contribution < -0.4 is 30.8 Å². The quantitative estimate of drug-likeness (QED) is 0.214. The van der Waals surface area contributed by atoms with E-state index in [1.54, 1.807) is 0 Å². The van der Waals surface area contributed by atoms with Gasteiger partial charge in [0.25, 0.3) is 0 Å². The van der Waals surface area contributed by atoms with Crippen LogP contribution in [0.25, 0.3) is 22.3 Å². The Kier molecular flexibility index (Phi) is 5.73. The summed E-state index contributed by atoms with van der Waals surface area (Å²) >= 11 is 0. The number of anilines is 2. The molecular weight excluding hydrogens is 525 g/mol. The minimum absolute atomic E-state index is 0.0363. The van der Waals surface area contributed by atoms with E-state index in [4.69, 9.17) is 4.74 Å². The topological polar surface area (TPSA) is 12.5 Å². The maximum atomic E-state index is 6.48. The fraction of sp³-hybridized carbons (Fsp3) is 0.0526. The molecule has 42 heavy (non-hydrogen) atoms. The molecule has 0 saturated heterocycles. The van der Waals surface area contributed by atoms with Gasteiger partial charge in [0.05, 0.1) is 0 Å². The van der Waals surface area contributed by atoms with E-state index in [0.29, 0.717) is 0 Å². The second kappa shape index (κ2) is 9.64. The monoisotopic (exact) mass is 555 g/mol. The first-order valence-electron chi connectivity index (χ1n) is 14.6. The summed E-state index contributed by atoms with van der Waals surface area (Å²) in [7, 11) is -2.04. The van der Waals surface area contributed by atoms with Crippen molar-refractivity contribution in [3.05, 3.63) is 146 Å². The summed E-state index contributed by atoms with van der Waals surface area (Å²) in [5.74, 6) is 1.84. The molecule has 0 aromatic heterocycles. The van der Waals surface area contributed by atoms with Crippen molar-refractivity contribution in [3.8, 4) is 33.8 Å². The lowest BCUT2D eigenvalue weighted by atomic mass is 9.47. The van der Waals surface area contributed by atoms with Gasteiger partial charge in [-0.25, -0.2) is 0 Å². The average molecular weight is 556 g/mol. The molecule has 0 atom stereocenters.